The van der Waals surface area contributed by atoms with Crippen LogP contribution in [0.1, 0.15) is 17.4 Å². The minimum Gasteiger partial charge on any atom is -0.446 e. The number of rotatable bonds is 7. The molecule has 2 N–H and O–H groups in total. The van der Waals surface area contributed by atoms with Crippen molar-refractivity contribution in [2.75, 3.05) is 13.2 Å². The quantitative estimate of drug-likeness (QED) is 0.203. The second-order valence-electron chi connectivity index (χ2n) is 8.79. The average molecular weight is 677 g/mol. The Morgan fingerprint density at radius 3 is 2.25 bits per heavy atom. The fourth-order valence-electron chi connectivity index (χ4n) is 4.08. The van der Waals surface area contributed by atoms with E-state index >= 15 is 0 Å². The molecular weight excluding hydrogens is 653 g/mol. The van der Waals surface area contributed by atoms with Gasteiger partial charge in [-0.15, -0.1) is 0 Å². The van der Waals surface area contributed by atoms with E-state index in [1.165, 1.54) is 0 Å². The van der Waals surface area contributed by atoms with Crippen LogP contribution in [0.2, 0.25) is 0 Å². The monoisotopic (exact) mass is 674 g/mol. The van der Waals surface area contributed by atoms with Crippen LogP contribution in [0.4, 0.5) is 4.79 Å². The summed E-state index contributed by atoms with van der Waals surface area (Å²) < 4.78 is 31.2. The van der Waals surface area contributed by atoms with Gasteiger partial charge in [0.1, 0.15) is 31.0 Å². The summed E-state index contributed by atoms with van der Waals surface area (Å²) in [4.78, 5) is 12.8. The summed E-state index contributed by atoms with van der Waals surface area (Å²) in [5.74, 6) is -0.746. The molecular formula is C25H24Cl6N2O7. The molecule has 2 aliphatic rings. The number of hydrogen-bond acceptors (Lipinski definition) is 8. The molecule has 0 aromatic heterocycles. The predicted molar refractivity (Wildman–Crippen MR) is 151 cm³/mol. The molecule has 0 aliphatic carbocycles. The minimum atomic E-state index is -2.21. The van der Waals surface area contributed by atoms with Gasteiger partial charge in [-0.05, 0) is 5.56 Å². The van der Waals surface area contributed by atoms with Crippen molar-refractivity contribution in [1.29, 1.82) is 5.41 Å². The van der Waals surface area contributed by atoms with E-state index in [0.29, 0.717) is 0 Å². The molecule has 2 aromatic rings. The second-order valence-corrected chi connectivity index (χ2v) is 13.6. The SMILES string of the molecule is N=C(OC1O[C@@H]2CO[C@@H](c3ccccc3)O[C@H]2[C@H](OCc2ccccc2)[C@H]1NC(=O)OCC(Cl)(Cl)Cl)C(Cl)(Cl)Cl. The summed E-state index contributed by atoms with van der Waals surface area (Å²) in [6.07, 6.45) is -5.56. The van der Waals surface area contributed by atoms with E-state index < -0.39 is 63.1 Å². The lowest BCUT2D eigenvalue weighted by Crippen LogP contribution is -2.68. The van der Waals surface area contributed by atoms with Crippen LogP contribution in [0.15, 0.2) is 60.7 Å². The number of ether oxygens (including phenoxy) is 6. The zero-order valence-electron chi connectivity index (χ0n) is 20.5. The van der Waals surface area contributed by atoms with Gasteiger partial charge >= 0.3 is 6.09 Å². The van der Waals surface area contributed by atoms with Gasteiger partial charge in [-0.3, -0.25) is 5.41 Å². The third-order valence-corrected chi connectivity index (χ3v) is 6.68. The van der Waals surface area contributed by atoms with Crippen LogP contribution >= 0.6 is 69.6 Å². The molecule has 6 atom stereocenters. The van der Waals surface area contributed by atoms with E-state index in [0.717, 1.165) is 11.1 Å². The zero-order chi connectivity index (χ0) is 28.9. The van der Waals surface area contributed by atoms with Crippen molar-refractivity contribution < 1.29 is 33.2 Å². The van der Waals surface area contributed by atoms with Crippen molar-refractivity contribution in [2.45, 2.75) is 51.1 Å². The lowest BCUT2D eigenvalue weighted by Gasteiger charge is -2.49. The molecule has 2 aromatic carbocycles. The maximum Gasteiger partial charge on any atom is 0.407 e. The molecule has 40 heavy (non-hydrogen) atoms. The highest BCUT2D eigenvalue weighted by molar-refractivity contribution is 6.76. The van der Waals surface area contributed by atoms with Crippen LogP contribution in [-0.4, -0.2) is 63.4 Å². The maximum absolute atomic E-state index is 12.8. The van der Waals surface area contributed by atoms with Crippen LogP contribution in [0.25, 0.3) is 0 Å². The van der Waals surface area contributed by atoms with Crippen LogP contribution in [-0.2, 0) is 35.0 Å². The Balaban J connectivity index is 1.63. The van der Waals surface area contributed by atoms with Crippen molar-refractivity contribution in [2.24, 2.45) is 0 Å². The summed E-state index contributed by atoms with van der Waals surface area (Å²) >= 11 is 34.7. The first-order valence-electron chi connectivity index (χ1n) is 11.9. The largest absolute Gasteiger partial charge is 0.446 e. The molecule has 0 spiro atoms. The van der Waals surface area contributed by atoms with Gasteiger partial charge in [0.2, 0.25) is 16.0 Å². The molecule has 2 heterocycles. The molecule has 0 radical (unpaired) electrons. The maximum atomic E-state index is 12.8. The molecule has 9 nitrogen and oxygen atoms in total. The molecule has 218 valence electrons. The van der Waals surface area contributed by atoms with E-state index in [-0.39, 0.29) is 13.2 Å². The first-order valence-corrected chi connectivity index (χ1v) is 14.1. The summed E-state index contributed by atoms with van der Waals surface area (Å²) in [6, 6.07) is 17.5. The molecule has 4 rings (SSSR count). The van der Waals surface area contributed by atoms with Crippen molar-refractivity contribution in [3.8, 4) is 0 Å². The smallest absolute Gasteiger partial charge is 0.407 e. The molecule has 2 aliphatic heterocycles. The van der Waals surface area contributed by atoms with Crippen molar-refractivity contribution >= 4 is 81.6 Å². The van der Waals surface area contributed by atoms with E-state index in [1.54, 1.807) is 0 Å². The third-order valence-electron chi connectivity index (χ3n) is 5.84. The Morgan fingerprint density at radius 1 is 0.975 bits per heavy atom. The van der Waals surface area contributed by atoms with Crippen molar-refractivity contribution in [3.05, 3.63) is 71.8 Å². The number of nitrogens with one attached hydrogen (secondary N) is 2. The summed E-state index contributed by atoms with van der Waals surface area (Å²) in [7, 11) is 0. The van der Waals surface area contributed by atoms with Gasteiger partial charge in [-0.2, -0.15) is 0 Å². The summed E-state index contributed by atoms with van der Waals surface area (Å²) in [5.41, 5.74) is 1.62. The predicted octanol–water partition coefficient (Wildman–Crippen LogP) is 6.24. The highest BCUT2D eigenvalue weighted by Crippen LogP contribution is 2.37. The Bertz CT molecular complexity index is 1140. The van der Waals surface area contributed by atoms with E-state index in [9.17, 15) is 4.79 Å². The minimum absolute atomic E-state index is 0.0703. The van der Waals surface area contributed by atoms with Crippen LogP contribution in [0.3, 0.4) is 0 Å². The van der Waals surface area contributed by atoms with Crippen LogP contribution < -0.4 is 5.32 Å². The first-order chi connectivity index (χ1) is 18.9. The third kappa shape index (κ3) is 8.88. The van der Waals surface area contributed by atoms with Gasteiger partial charge in [0.05, 0.1) is 13.2 Å². The average Bonchev–Trinajstić information content (AvgIpc) is 2.91. The molecule has 1 amide bonds. The molecule has 2 saturated heterocycles. The van der Waals surface area contributed by atoms with E-state index in [4.69, 9.17) is 103 Å². The molecule has 2 fully saturated rings. The van der Waals surface area contributed by atoms with Gasteiger partial charge < -0.3 is 33.7 Å². The summed E-state index contributed by atoms with van der Waals surface area (Å²) in [5, 5.41) is 10.7. The highest BCUT2D eigenvalue weighted by Gasteiger charge is 2.53. The Labute approximate surface area is 260 Å². The van der Waals surface area contributed by atoms with Gasteiger partial charge in [-0.25, -0.2) is 4.79 Å². The van der Waals surface area contributed by atoms with Gasteiger partial charge in [-0.1, -0.05) is 130 Å². The lowest BCUT2D eigenvalue weighted by molar-refractivity contribution is -0.341. The normalized spacial score (nSPS) is 26.9. The van der Waals surface area contributed by atoms with Gasteiger partial charge in [0.25, 0.3) is 3.79 Å². The first kappa shape index (κ1) is 31.7. The van der Waals surface area contributed by atoms with Gasteiger partial charge in [0.15, 0.2) is 6.29 Å². The molecule has 1 unspecified atom stereocenters. The number of halogens is 6. The number of carbonyl (C=O) groups excluding carboxylic acids is 1. The number of alkyl carbamates (subject to hydrolysis) is 1. The lowest BCUT2D eigenvalue weighted by atomic mass is 9.95. The number of amides is 1. The Kier molecular flexibility index (Phi) is 11.0. The van der Waals surface area contributed by atoms with E-state index in [2.05, 4.69) is 5.32 Å². The number of fused-ring (bicyclic) bond motifs is 1. The van der Waals surface area contributed by atoms with Crippen molar-refractivity contribution in [3.63, 3.8) is 0 Å². The molecule has 15 heteroatoms. The standard InChI is InChI=1S/C25H24Cl6N2O7/c26-24(27,28)13-37-23(34)33-17-19(35-11-14-7-3-1-4-8-14)18-16(38-21(17)40-22(32)25(29,30)31)12-36-20(39-18)15-9-5-2-6-10-15/h1-10,16-21,32H,11-13H2,(H,33,34)/t16-,17-,18-,19-,20-,21?/m1/s1. The fourth-order valence-corrected chi connectivity index (χ4v) is 4.38. The summed E-state index contributed by atoms with van der Waals surface area (Å²) in [6.45, 7) is -0.347. The Hall–Kier alpha value is -1.24. The number of carbonyl (C=O) groups is 1. The Morgan fingerprint density at radius 2 is 1.62 bits per heavy atom. The van der Waals surface area contributed by atoms with Crippen LogP contribution in [0, 0.1) is 5.41 Å². The van der Waals surface area contributed by atoms with Gasteiger partial charge in [0, 0.05) is 5.56 Å². The molecule has 0 bridgehead atoms. The van der Waals surface area contributed by atoms with Crippen molar-refractivity contribution in [1.82, 2.24) is 5.32 Å². The number of alkyl halides is 6. The second kappa shape index (κ2) is 13.8. The van der Waals surface area contributed by atoms with E-state index in [1.807, 2.05) is 60.7 Å². The fraction of sp³-hybridized carbons (Fsp3) is 0.440. The van der Waals surface area contributed by atoms with Crippen LogP contribution in [0.5, 0.6) is 0 Å². The highest BCUT2D eigenvalue weighted by atomic mass is 35.6. The molecule has 0 saturated carbocycles. The topological polar surface area (TPSA) is 108 Å². The number of benzene rings is 2. The zero-order valence-corrected chi connectivity index (χ0v) is 25.0. The number of hydrogen-bond donors (Lipinski definition) is 2.